The number of alkyl halides is 4. The van der Waals surface area contributed by atoms with Gasteiger partial charge in [-0.05, 0) is 39.5 Å². The zero-order valence-corrected chi connectivity index (χ0v) is 27.9. The van der Waals surface area contributed by atoms with Crippen LogP contribution in [0.25, 0.3) is 0 Å². The molecule has 236 valence electrons. The lowest BCUT2D eigenvalue weighted by atomic mass is 9.89. The van der Waals surface area contributed by atoms with Gasteiger partial charge >= 0.3 is 0 Å². The summed E-state index contributed by atoms with van der Waals surface area (Å²) < 4.78 is 70.7. The van der Waals surface area contributed by atoms with Crippen molar-refractivity contribution in [1.29, 1.82) is 0 Å². The second-order valence-electron chi connectivity index (χ2n) is 11.3. The molecule has 0 aromatic carbocycles. The summed E-state index contributed by atoms with van der Waals surface area (Å²) in [6.07, 6.45) is 4.98. The maximum Gasteiger partial charge on any atom is 0.276 e. The van der Waals surface area contributed by atoms with Crippen molar-refractivity contribution in [3.8, 4) is 0 Å². The van der Waals surface area contributed by atoms with Crippen LogP contribution in [0.4, 0.5) is 0 Å². The Bertz CT molecular complexity index is 1240. The first-order valence-corrected chi connectivity index (χ1v) is 19.1. The Morgan fingerprint density at radius 3 is 1.78 bits per heavy atom. The molecule has 8 unspecified atom stereocenters. The van der Waals surface area contributed by atoms with E-state index in [0.29, 0.717) is 51.9 Å². The van der Waals surface area contributed by atoms with Crippen LogP contribution in [0, 0.1) is 0 Å². The minimum atomic E-state index is -4.37. The maximum atomic E-state index is 11.4. The Hall–Kier alpha value is -0.210. The highest BCUT2D eigenvalue weighted by Gasteiger charge is 2.53. The van der Waals surface area contributed by atoms with Gasteiger partial charge in [-0.15, -0.1) is 46.4 Å². The summed E-state index contributed by atoms with van der Waals surface area (Å²) in [6, 6.07) is 0.104. The number of hydrogen-bond donors (Lipinski definition) is 0. The van der Waals surface area contributed by atoms with Crippen LogP contribution in [0.5, 0.6) is 0 Å². The van der Waals surface area contributed by atoms with Gasteiger partial charge in [0.15, 0.2) is 0 Å². The van der Waals surface area contributed by atoms with Gasteiger partial charge in [0, 0.05) is 37.4 Å². The summed E-state index contributed by atoms with van der Waals surface area (Å²) in [5, 5.41) is -0.919. The molecule has 3 fully saturated rings. The summed E-state index contributed by atoms with van der Waals surface area (Å²) in [5.41, 5.74) is 0. The van der Waals surface area contributed by atoms with Crippen molar-refractivity contribution in [3.05, 3.63) is 11.9 Å². The molecule has 0 aromatic heterocycles. The summed E-state index contributed by atoms with van der Waals surface area (Å²) in [6.45, 7) is 6.17. The molecule has 41 heavy (non-hydrogen) atoms. The Morgan fingerprint density at radius 1 is 0.756 bits per heavy atom. The van der Waals surface area contributed by atoms with Crippen LogP contribution in [-0.2, 0) is 20.2 Å². The van der Waals surface area contributed by atoms with Crippen molar-refractivity contribution >= 4 is 72.5 Å². The quantitative estimate of drug-likeness (QED) is 0.182. The molecule has 0 N–H and O–H groups in total. The van der Waals surface area contributed by atoms with Gasteiger partial charge in [0.1, 0.15) is 17.9 Å². The lowest BCUT2D eigenvalue weighted by Gasteiger charge is -2.37. The van der Waals surface area contributed by atoms with E-state index < -0.39 is 31.7 Å². The third-order valence-corrected chi connectivity index (χ3v) is 12.6. The first kappa shape index (κ1) is 33.7. The Morgan fingerprint density at radius 2 is 1.24 bits per heavy atom. The van der Waals surface area contributed by atoms with E-state index in [0.717, 1.165) is 11.7 Å². The van der Waals surface area contributed by atoms with Gasteiger partial charge in [0.2, 0.25) is 0 Å². The van der Waals surface area contributed by atoms with E-state index in [2.05, 4.69) is 39.2 Å². The standard InChI is InChI=1S/C25H40Cl4N4O6S2/c1-3-30-20-11-16(26)18(28)13-22(20)32(7-5-9-40(34,35)36)24(30)15-25-31(4-2)21-12-17(27)19(29)14-23(21)33(25)8-6-10-41(37,38)39/h15-23H,3-14H2,1-2H3,(H-,34,35,36,37,38,39)/p-1. The van der Waals surface area contributed by atoms with Crippen LogP contribution in [0.3, 0.4) is 0 Å². The number of halogens is 4. The predicted molar refractivity (Wildman–Crippen MR) is 160 cm³/mol. The summed E-state index contributed by atoms with van der Waals surface area (Å²) in [4.78, 5) is 6.70. The topological polar surface area (TPSA) is 127 Å². The number of fused-ring (bicyclic) bond motifs is 2. The minimum absolute atomic E-state index is 0.00841. The van der Waals surface area contributed by atoms with Crippen molar-refractivity contribution in [2.75, 3.05) is 37.7 Å². The van der Waals surface area contributed by atoms with Gasteiger partial charge in [0.05, 0.1) is 73.0 Å². The van der Waals surface area contributed by atoms with Gasteiger partial charge in [0.25, 0.3) is 5.84 Å². The van der Waals surface area contributed by atoms with Crippen molar-refractivity contribution in [2.45, 2.75) is 98.0 Å². The molecule has 2 heterocycles. The first-order valence-electron chi connectivity index (χ1n) is 14.2. The number of hydrogen-bond acceptors (Lipinski definition) is 9. The van der Waals surface area contributed by atoms with Gasteiger partial charge in [-0.2, -0.15) is 0 Å². The molecular formula is C25H39Cl4N4O6S2-. The molecular weight excluding hydrogens is 658 g/mol. The zero-order valence-electron chi connectivity index (χ0n) is 23.2. The van der Waals surface area contributed by atoms with Crippen molar-refractivity contribution in [1.82, 2.24) is 14.7 Å². The molecule has 0 amide bonds. The molecule has 4 rings (SSSR count). The second kappa shape index (κ2) is 13.4. The van der Waals surface area contributed by atoms with E-state index in [4.69, 9.17) is 46.4 Å². The van der Waals surface area contributed by atoms with Crippen molar-refractivity contribution < 1.29 is 30.5 Å². The normalized spacial score (nSPS) is 35.4. The van der Waals surface area contributed by atoms with E-state index in [-0.39, 0.29) is 58.5 Å². The molecule has 8 atom stereocenters. The first-order chi connectivity index (χ1) is 19.1. The molecule has 0 spiro atoms. The highest BCUT2D eigenvalue weighted by molar-refractivity contribution is 7.85. The van der Waals surface area contributed by atoms with Gasteiger partial charge in [-0.1, -0.05) is 0 Å². The monoisotopic (exact) mass is 695 g/mol. The van der Waals surface area contributed by atoms with E-state index in [9.17, 15) is 25.9 Å². The van der Waals surface area contributed by atoms with Crippen LogP contribution >= 0.6 is 46.4 Å². The third kappa shape index (κ3) is 7.72. The SMILES string of the molecule is CCN1C(=CC2=[N+](CCCS(=O)(=O)[O-])C3CC(Cl)C(Cl)CC3N2CC)N(CCCS(=O)(=O)[O-])C2CC(Cl)C(Cl)CC21. The Balaban J connectivity index is 1.78. The fourth-order valence-electron chi connectivity index (χ4n) is 7.12. The summed E-state index contributed by atoms with van der Waals surface area (Å²) in [5.74, 6) is 0.848. The van der Waals surface area contributed by atoms with E-state index in [1.807, 2.05) is 0 Å². The molecule has 10 nitrogen and oxygen atoms in total. The van der Waals surface area contributed by atoms with Crippen molar-refractivity contribution in [3.63, 3.8) is 0 Å². The minimum Gasteiger partial charge on any atom is -0.748 e. The molecule has 2 aliphatic carbocycles. The molecule has 4 aliphatic rings. The van der Waals surface area contributed by atoms with Crippen LogP contribution in [0.1, 0.15) is 52.4 Å². The number of nitrogens with zero attached hydrogens (tertiary/aromatic N) is 4. The summed E-state index contributed by atoms with van der Waals surface area (Å²) >= 11 is 26.5. The number of likely N-dealkylation sites (N-methyl/N-ethyl adjacent to an activating group) is 2. The molecule has 2 saturated carbocycles. The number of rotatable bonds is 11. The van der Waals surface area contributed by atoms with Crippen LogP contribution in [0.2, 0.25) is 0 Å². The lowest BCUT2D eigenvalue weighted by Crippen LogP contribution is -2.48. The Labute approximate surface area is 264 Å². The van der Waals surface area contributed by atoms with Crippen LogP contribution in [0.15, 0.2) is 11.9 Å². The molecule has 16 heteroatoms. The lowest BCUT2D eigenvalue weighted by molar-refractivity contribution is -0.561. The van der Waals surface area contributed by atoms with Gasteiger partial charge in [-0.25, -0.2) is 16.8 Å². The van der Waals surface area contributed by atoms with Gasteiger partial charge < -0.3 is 18.9 Å². The van der Waals surface area contributed by atoms with E-state index in [1.54, 1.807) is 0 Å². The molecule has 0 radical (unpaired) electrons. The second-order valence-corrected chi connectivity index (χ2v) is 16.6. The van der Waals surface area contributed by atoms with Gasteiger partial charge in [-0.3, -0.25) is 9.48 Å². The van der Waals surface area contributed by atoms with Crippen LogP contribution in [-0.4, -0.2) is 134 Å². The summed E-state index contributed by atoms with van der Waals surface area (Å²) in [7, 11) is -8.74. The fraction of sp³-hybridized carbons (Fsp3) is 0.880. The average Bonchev–Trinajstić information content (AvgIpc) is 3.29. The average molecular weight is 698 g/mol. The number of amidine groups is 1. The molecule has 2 aliphatic heterocycles. The highest BCUT2D eigenvalue weighted by Crippen LogP contribution is 2.43. The smallest absolute Gasteiger partial charge is 0.276 e. The fourth-order valence-corrected chi connectivity index (χ4v) is 9.22. The van der Waals surface area contributed by atoms with E-state index in [1.165, 1.54) is 0 Å². The zero-order chi connectivity index (χ0) is 30.3. The molecule has 1 saturated heterocycles. The maximum absolute atomic E-state index is 11.4. The molecule has 0 aromatic rings. The predicted octanol–water partition coefficient (Wildman–Crippen LogP) is 2.57. The Kier molecular flexibility index (Phi) is 11.0. The van der Waals surface area contributed by atoms with E-state index >= 15 is 0 Å². The van der Waals surface area contributed by atoms with Crippen LogP contribution < -0.4 is 0 Å². The third-order valence-electron chi connectivity index (χ3n) is 8.84. The highest BCUT2D eigenvalue weighted by atomic mass is 35.5. The van der Waals surface area contributed by atoms with Crippen molar-refractivity contribution in [2.24, 2.45) is 0 Å². The molecule has 0 bridgehead atoms. The largest absolute Gasteiger partial charge is 0.748 e.